The zero-order valence-corrected chi connectivity index (χ0v) is 10.9. The van der Waals surface area contributed by atoms with Crippen LogP contribution in [0.4, 0.5) is 0 Å². The van der Waals surface area contributed by atoms with Gasteiger partial charge in [0.1, 0.15) is 11.2 Å². The highest BCUT2D eigenvalue weighted by Gasteiger charge is 2.48. The van der Waals surface area contributed by atoms with Crippen molar-refractivity contribution in [3.63, 3.8) is 0 Å². The van der Waals surface area contributed by atoms with Crippen molar-refractivity contribution in [2.75, 3.05) is 0 Å². The van der Waals surface area contributed by atoms with E-state index in [1.807, 2.05) is 18.2 Å². The topological polar surface area (TPSA) is 43.4 Å². The first-order chi connectivity index (χ1) is 9.04. The van der Waals surface area contributed by atoms with E-state index in [9.17, 15) is 4.79 Å². The highest BCUT2D eigenvalue weighted by atomic mass is 16.4. The lowest BCUT2D eigenvalue weighted by Crippen LogP contribution is -2.07. The number of rotatable bonds is 1. The van der Waals surface area contributed by atoms with E-state index < -0.39 is 0 Å². The number of fused-ring (bicyclic) bond motifs is 2. The fourth-order valence-corrected chi connectivity index (χ4v) is 2.84. The van der Waals surface area contributed by atoms with Crippen LogP contribution < -0.4 is 5.63 Å². The Morgan fingerprint density at radius 2 is 1.95 bits per heavy atom. The van der Waals surface area contributed by atoms with Crippen molar-refractivity contribution in [3.05, 3.63) is 46.5 Å². The number of furan rings is 1. The van der Waals surface area contributed by atoms with Crippen LogP contribution in [0.25, 0.3) is 21.9 Å². The van der Waals surface area contributed by atoms with E-state index in [0.717, 1.165) is 28.3 Å². The maximum Gasteiger partial charge on any atom is 0.339 e. The summed E-state index contributed by atoms with van der Waals surface area (Å²) in [6, 6.07) is 7.69. The van der Waals surface area contributed by atoms with Crippen LogP contribution in [0, 0.1) is 5.41 Å². The predicted octanol–water partition coefficient (Wildman–Crippen LogP) is 4.05. The predicted molar refractivity (Wildman–Crippen MR) is 73.4 cm³/mol. The molecule has 0 unspecified atom stereocenters. The Balaban J connectivity index is 1.99. The second-order valence-electron chi connectivity index (χ2n) is 6.08. The highest BCUT2D eigenvalue weighted by molar-refractivity contribution is 5.93. The average molecular weight is 254 g/mol. The Kier molecular flexibility index (Phi) is 1.88. The molecular formula is C16H14O3. The molecule has 0 radical (unpaired) electrons. The molecule has 3 aromatic rings. The third kappa shape index (κ3) is 1.54. The summed E-state index contributed by atoms with van der Waals surface area (Å²) in [6.45, 7) is 4.36. The zero-order valence-electron chi connectivity index (χ0n) is 10.9. The fourth-order valence-electron chi connectivity index (χ4n) is 2.84. The van der Waals surface area contributed by atoms with Crippen molar-refractivity contribution < 1.29 is 8.83 Å². The van der Waals surface area contributed by atoms with Gasteiger partial charge in [-0.3, -0.25) is 0 Å². The molecule has 19 heavy (non-hydrogen) atoms. The summed E-state index contributed by atoms with van der Waals surface area (Å²) in [6.07, 6.45) is 2.70. The fraction of sp³-hybridized carbons (Fsp3) is 0.312. The Bertz CT molecular complexity index is 851. The maximum atomic E-state index is 12.1. The molecule has 3 nitrogen and oxygen atoms in total. The van der Waals surface area contributed by atoms with Crippen LogP contribution in [0.1, 0.15) is 31.7 Å². The maximum absolute atomic E-state index is 12.1. The van der Waals surface area contributed by atoms with Gasteiger partial charge in [0.25, 0.3) is 0 Å². The molecule has 1 aliphatic carbocycles. The van der Waals surface area contributed by atoms with Gasteiger partial charge in [-0.25, -0.2) is 4.79 Å². The number of hydrogen-bond acceptors (Lipinski definition) is 3. The van der Waals surface area contributed by atoms with E-state index in [-0.39, 0.29) is 11.0 Å². The molecule has 1 fully saturated rings. The molecule has 1 saturated carbocycles. The third-order valence-electron chi connectivity index (χ3n) is 4.22. The highest BCUT2D eigenvalue weighted by Crippen LogP contribution is 2.57. The molecule has 0 N–H and O–H groups in total. The molecule has 0 bridgehead atoms. The standard InChI is InChI=1S/C16H14O3/c1-16(2)8-12(16)11-6-10-5-9-3-4-18-13(9)7-14(10)19-15(11)17/h3-7,12H,8H2,1-2H3/t12-/m0/s1. The van der Waals surface area contributed by atoms with E-state index in [4.69, 9.17) is 8.83 Å². The largest absolute Gasteiger partial charge is 0.464 e. The molecule has 1 aromatic carbocycles. The van der Waals surface area contributed by atoms with E-state index >= 15 is 0 Å². The van der Waals surface area contributed by atoms with Crippen LogP contribution in [0.15, 0.2) is 44.2 Å². The molecular weight excluding hydrogens is 240 g/mol. The summed E-state index contributed by atoms with van der Waals surface area (Å²) in [5, 5.41) is 1.99. The molecule has 1 aliphatic rings. The van der Waals surface area contributed by atoms with Gasteiger partial charge in [0.05, 0.1) is 6.26 Å². The second-order valence-corrected chi connectivity index (χ2v) is 6.08. The van der Waals surface area contributed by atoms with E-state index in [2.05, 4.69) is 13.8 Å². The Morgan fingerprint density at radius 3 is 2.68 bits per heavy atom. The quantitative estimate of drug-likeness (QED) is 0.615. The van der Waals surface area contributed by atoms with Gasteiger partial charge >= 0.3 is 5.63 Å². The summed E-state index contributed by atoms with van der Waals surface area (Å²) in [5.74, 6) is 0.327. The summed E-state index contributed by atoms with van der Waals surface area (Å²) >= 11 is 0. The zero-order chi connectivity index (χ0) is 13.2. The van der Waals surface area contributed by atoms with Crippen molar-refractivity contribution >= 4 is 21.9 Å². The normalized spacial score (nSPS) is 21.1. The monoisotopic (exact) mass is 254 g/mol. The average Bonchev–Trinajstić information content (AvgIpc) is 2.79. The minimum atomic E-state index is -0.214. The number of hydrogen-bond donors (Lipinski definition) is 0. The second kappa shape index (κ2) is 3.29. The molecule has 4 rings (SSSR count). The first-order valence-corrected chi connectivity index (χ1v) is 6.50. The van der Waals surface area contributed by atoms with Crippen LogP contribution in [0.2, 0.25) is 0 Å². The van der Waals surface area contributed by atoms with Crippen LogP contribution in [-0.2, 0) is 0 Å². The Labute approximate surface area is 109 Å². The minimum absolute atomic E-state index is 0.214. The van der Waals surface area contributed by atoms with Crippen molar-refractivity contribution in [1.82, 2.24) is 0 Å². The van der Waals surface area contributed by atoms with Gasteiger partial charge in [-0.05, 0) is 36.0 Å². The van der Waals surface area contributed by atoms with E-state index in [1.165, 1.54) is 0 Å². The van der Waals surface area contributed by atoms with Crippen LogP contribution in [0.5, 0.6) is 0 Å². The van der Waals surface area contributed by atoms with Crippen molar-refractivity contribution in [1.29, 1.82) is 0 Å². The summed E-state index contributed by atoms with van der Waals surface area (Å²) in [4.78, 5) is 12.1. The van der Waals surface area contributed by atoms with Gasteiger partial charge < -0.3 is 8.83 Å². The lowest BCUT2D eigenvalue weighted by molar-refractivity contribution is 0.537. The Morgan fingerprint density at radius 1 is 1.16 bits per heavy atom. The van der Waals surface area contributed by atoms with Crippen molar-refractivity contribution in [2.45, 2.75) is 26.2 Å². The molecule has 0 aliphatic heterocycles. The first-order valence-electron chi connectivity index (χ1n) is 6.50. The smallest absolute Gasteiger partial charge is 0.339 e. The van der Waals surface area contributed by atoms with Crippen LogP contribution in [-0.4, -0.2) is 0 Å². The Hall–Kier alpha value is -2.03. The lowest BCUT2D eigenvalue weighted by atomic mass is 10.0. The van der Waals surface area contributed by atoms with Gasteiger partial charge in [0.15, 0.2) is 0 Å². The summed E-state index contributed by atoms with van der Waals surface area (Å²) in [7, 11) is 0. The van der Waals surface area contributed by atoms with Crippen LogP contribution >= 0.6 is 0 Å². The van der Waals surface area contributed by atoms with Gasteiger partial charge in [0.2, 0.25) is 0 Å². The SMILES string of the molecule is CC1(C)C[C@H]1c1cc2cc3ccoc3cc2oc1=O. The van der Waals surface area contributed by atoms with E-state index in [1.54, 1.807) is 12.3 Å². The third-order valence-corrected chi connectivity index (χ3v) is 4.22. The molecule has 0 amide bonds. The molecule has 2 heterocycles. The molecule has 3 heteroatoms. The lowest BCUT2D eigenvalue weighted by Gasteiger charge is -2.04. The number of benzene rings is 1. The molecule has 96 valence electrons. The van der Waals surface area contributed by atoms with Crippen molar-refractivity contribution in [3.8, 4) is 0 Å². The first kappa shape index (κ1) is 10.9. The van der Waals surface area contributed by atoms with Gasteiger partial charge in [-0.2, -0.15) is 0 Å². The molecule has 0 spiro atoms. The summed E-state index contributed by atoms with van der Waals surface area (Å²) in [5.41, 5.74) is 2.15. The minimum Gasteiger partial charge on any atom is -0.464 e. The van der Waals surface area contributed by atoms with Gasteiger partial charge in [-0.15, -0.1) is 0 Å². The molecule has 1 atom stereocenters. The van der Waals surface area contributed by atoms with Gasteiger partial charge in [0, 0.05) is 22.4 Å². The van der Waals surface area contributed by atoms with Crippen molar-refractivity contribution in [2.24, 2.45) is 5.41 Å². The molecule has 0 saturated heterocycles. The van der Waals surface area contributed by atoms with Gasteiger partial charge in [-0.1, -0.05) is 13.8 Å². The summed E-state index contributed by atoms with van der Waals surface area (Å²) < 4.78 is 10.8. The van der Waals surface area contributed by atoms with Crippen LogP contribution in [0.3, 0.4) is 0 Å². The van der Waals surface area contributed by atoms with E-state index in [0.29, 0.717) is 11.5 Å². The molecule has 2 aromatic heterocycles.